The third-order valence-electron chi connectivity index (χ3n) is 2.62. The molecule has 1 rings (SSSR count). The van der Waals surface area contributed by atoms with Gasteiger partial charge in [-0.2, -0.15) is 0 Å². The molecule has 19 heavy (non-hydrogen) atoms. The van der Waals surface area contributed by atoms with E-state index < -0.39 is 5.56 Å². The number of rotatable bonds is 8. The molecule has 0 amide bonds. The van der Waals surface area contributed by atoms with E-state index in [9.17, 15) is 9.59 Å². The Morgan fingerprint density at radius 1 is 1.21 bits per heavy atom. The fraction of sp³-hybridized carbons (Fsp3) is 0.667. The molecule has 1 heterocycles. The number of hydrogen-bond donors (Lipinski definition) is 1. The highest BCUT2D eigenvalue weighted by atomic mass is 16.5. The van der Waals surface area contributed by atoms with Gasteiger partial charge in [0, 0.05) is 19.9 Å². The van der Waals surface area contributed by atoms with Crippen molar-refractivity contribution < 1.29 is 9.47 Å². The standard InChI is InChI=1S/C12H21N3O4/c1-3-4-14-9-10(13)11(16)15(12(14)17)5-6-19-8-7-18-2/h9H,3-8,13H2,1-2H3. The van der Waals surface area contributed by atoms with E-state index in [1.54, 1.807) is 7.11 Å². The first kappa shape index (κ1) is 15.5. The van der Waals surface area contributed by atoms with Crippen LogP contribution in [0.5, 0.6) is 0 Å². The molecule has 7 heteroatoms. The molecule has 2 N–H and O–H groups in total. The summed E-state index contributed by atoms with van der Waals surface area (Å²) in [4.78, 5) is 23.9. The van der Waals surface area contributed by atoms with Crippen LogP contribution in [0.1, 0.15) is 13.3 Å². The summed E-state index contributed by atoms with van der Waals surface area (Å²) >= 11 is 0. The number of ether oxygens (including phenoxy) is 2. The van der Waals surface area contributed by atoms with E-state index in [1.165, 1.54) is 10.8 Å². The topological polar surface area (TPSA) is 88.5 Å². The quantitative estimate of drug-likeness (QED) is 0.654. The summed E-state index contributed by atoms with van der Waals surface area (Å²) in [5, 5.41) is 0. The zero-order valence-corrected chi connectivity index (χ0v) is 11.4. The molecule has 1 aromatic heterocycles. The van der Waals surface area contributed by atoms with E-state index in [0.29, 0.717) is 19.8 Å². The van der Waals surface area contributed by atoms with Gasteiger partial charge < -0.3 is 15.2 Å². The average Bonchev–Trinajstić information content (AvgIpc) is 2.39. The Morgan fingerprint density at radius 2 is 1.95 bits per heavy atom. The van der Waals surface area contributed by atoms with Crippen LogP contribution in [0.3, 0.4) is 0 Å². The van der Waals surface area contributed by atoms with Crippen LogP contribution in [-0.2, 0) is 22.6 Å². The molecular weight excluding hydrogens is 250 g/mol. The molecule has 0 saturated carbocycles. The van der Waals surface area contributed by atoms with Crippen LogP contribution in [0.25, 0.3) is 0 Å². The molecule has 0 aliphatic rings. The monoisotopic (exact) mass is 271 g/mol. The van der Waals surface area contributed by atoms with E-state index in [1.807, 2.05) is 6.92 Å². The van der Waals surface area contributed by atoms with Crippen LogP contribution in [0, 0.1) is 0 Å². The first-order valence-corrected chi connectivity index (χ1v) is 6.28. The number of anilines is 1. The summed E-state index contributed by atoms with van der Waals surface area (Å²) in [6, 6.07) is 0. The molecule has 1 aromatic rings. The Balaban J connectivity index is 2.81. The van der Waals surface area contributed by atoms with Gasteiger partial charge in [-0.15, -0.1) is 0 Å². The molecule has 0 atom stereocenters. The maximum absolute atomic E-state index is 12.0. The van der Waals surface area contributed by atoms with Crippen LogP contribution in [-0.4, -0.2) is 36.1 Å². The lowest BCUT2D eigenvalue weighted by molar-refractivity contribution is 0.0657. The second-order valence-electron chi connectivity index (χ2n) is 4.12. The predicted molar refractivity (Wildman–Crippen MR) is 72.4 cm³/mol. The molecule has 0 bridgehead atoms. The number of nitrogens with zero attached hydrogens (tertiary/aromatic N) is 2. The Kier molecular flexibility index (Phi) is 6.31. The van der Waals surface area contributed by atoms with Gasteiger partial charge in [-0.1, -0.05) is 6.92 Å². The van der Waals surface area contributed by atoms with Gasteiger partial charge in [-0.05, 0) is 6.42 Å². The molecular formula is C12H21N3O4. The first-order valence-electron chi connectivity index (χ1n) is 6.28. The van der Waals surface area contributed by atoms with Crippen molar-refractivity contribution in [2.45, 2.75) is 26.4 Å². The Morgan fingerprint density at radius 3 is 2.58 bits per heavy atom. The maximum Gasteiger partial charge on any atom is 0.331 e. The Hall–Kier alpha value is -1.60. The van der Waals surface area contributed by atoms with Crippen molar-refractivity contribution in [1.29, 1.82) is 0 Å². The Labute approximate surface area is 111 Å². The summed E-state index contributed by atoms with van der Waals surface area (Å²) in [5.74, 6) is 0. The molecule has 0 aliphatic carbocycles. The van der Waals surface area contributed by atoms with E-state index in [2.05, 4.69) is 0 Å². The van der Waals surface area contributed by atoms with Crippen molar-refractivity contribution in [3.05, 3.63) is 27.0 Å². The fourth-order valence-corrected chi connectivity index (χ4v) is 1.67. The van der Waals surface area contributed by atoms with Crippen molar-refractivity contribution in [2.75, 3.05) is 32.7 Å². The average molecular weight is 271 g/mol. The van der Waals surface area contributed by atoms with Gasteiger partial charge in [0.2, 0.25) is 0 Å². The van der Waals surface area contributed by atoms with Crippen molar-refractivity contribution in [3.63, 3.8) is 0 Å². The maximum atomic E-state index is 12.0. The van der Waals surface area contributed by atoms with Crippen molar-refractivity contribution >= 4 is 5.69 Å². The SMILES string of the molecule is CCCn1cc(N)c(=O)n(CCOCCOC)c1=O. The van der Waals surface area contributed by atoms with Crippen LogP contribution in [0.4, 0.5) is 5.69 Å². The lowest BCUT2D eigenvalue weighted by Crippen LogP contribution is -2.41. The Bertz CT molecular complexity index is 507. The van der Waals surface area contributed by atoms with Crippen molar-refractivity contribution in [1.82, 2.24) is 9.13 Å². The smallest absolute Gasteiger partial charge is 0.331 e. The fourth-order valence-electron chi connectivity index (χ4n) is 1.67. The van der Waals surface area contributed by atoms with Crippen LogP contribution >= 0.6 is 0 Å². The van der Waals surface area contributed by atoms with Crippen molar-refractivity contribution in [3.8, 4) is 0 Å². The summed E-state index contributed by atoms with van der Waals surface area (Å²) in [5.41, 5.74) is 4.88. The third-order valence-corrected chi connectivity index (χ3v) is 2.62. The molecule has 108 valence electrons. The minimum Gasteiger partial charge on any atom is -0.393 e. The summed E-state index contributed by atoms with van der Waals surface area (Å²) in [6.45, 7) is 3.85. The number of aryl methyl sites for hydroxylation is 1. The number of nitrogen functional groups attached to an aromatic ring is 1. The van der Waals surface area contributed by atoms with E-state index in [4.69, 9.17) is 15.2 Å². The van der Waals surface area contributed by atoms with Gasteiger partial charge in [-0.25, -0.2) is 4.79 Å². The molecule has 0 fully saturated rings. The second-order valence-corrected chi connectivity index (χ2v) is 4.12. The highest BCUT2D eigenvalue weighted by molar-refractivity contribution is 5.30. The molecule has 0 radical (unpaired) electrons. The molecule has 0 aromatic carbocycles. The van der Waals surface area contributed by atoms with E-state index >= 15 is 0 Å². The molecule has 7 nitrogen and oxygen atoms in total. The highest BCUT2D eigenvalue weighted by Crippen LogP contribution is 1.92. The second kappa shape index (κ2) is 7.75. The van der Waals surface area contributed by atoms with Crippen LogP contribution < -0.4 is 17.0 Å². The van der Waals surface area contributed by atoms with Gasteiger partial charge in [0.25, 0.3) is 5.56 Å². The summed E-state index contributed by atoms with van der Waals surface area (Å²) in [7, 11) is 1.58. The van der Waals surface area contributed by atoms with Gasteiger partial charge >= 0.3 is 5.69 Å². The predicted octanol–water partition coefficient (Wildman–Crippen LogP) is -0.335. The number of nitrogens with two attached hydrogens (primary N) is 1. The van der Waals surface area contributed by atoms with Gasteiger partial charge in [0.15, 0.2) is 0 Å². The summed E-state index contributed by atoms with van der Waals surface area (Å²) < 4.78 is 12.6. The third kappa shape index (κ3) is 4.22. The number of hydrogen-bond acceptors (Lipinski definition) is 5. The molecule has 0 unspecified atom stereocenters. The normalized spacial score (nSPS) is 10.8. The minimum absolute atomic E-state index is 0.0740. The van der Waals surface area contributed by atoms with Gasteiger partial charge in [-0.3, -0.25) is 13.9 Å². The summed E-state index contributed by atoms with van der Waals surface area (Å²) in [6.07, 6.45) is 2.19. The van der Waals surface area contributed by atoms with Crippen LogP contribution in [0.2, 0.25) is 0 Å². The lowest BCUT2D eigenvalue weighted by Gasteiger charge is -2.11. The zero-order valence-electron chi connectivity index (χ0n) is 11.4. The van der Waals surface area contributed by atoms with Crippen molar-refractivity contribution in [2.24, 2.45) is 0 Å². The van der Waals surface area contributed by atoms with Gasteiger partial charge in [0.05, 0.1) is 26.4 Å². The van der Waals surface area contributed by atoms with Gasteiger partial charge in [0.1, 0.15) is 5.69 Å². The minimum atomic E-state index is -0.465. The van der Waals surface area contributed by atoms with Crippen LogP contribution in [0.15, 0.2) is 15.8 Å². The zero-order chi connectivity index (χ0) is 14.3. The first-order chi connectivity index (χ1) is 9.11. The van der Waals surface area contributed by atoms with E-state index in [0.717, 1.165) is 11.0 Å². The molecule has 0 saturated heterocycles. The number of aromatic nitrogens is 2. The van der Waals surface area contributed by atoms with E-state index in [-0.39, 0.29) is 24.5 Å². The number of methoxy groups -OCH3 is 1. The molecule has 0 aliphatic heterocycles. The lowest BCUT2D eigenvalue weighted by atomic mass is 10.4. The molecule has 0 spiro atoms. The highest BCUT2D eigenvalue weighted by Gasteiger charge is 2.08. The largest absolute Gasteiger partial charge is 0.393 e.